The van der Waals surface area contributed by atoms with E-state index in [4.69, 9.17) is 0 Å². The van der Waals surface area contributed by atoms with Gasteiger partial charge in [0.25, 0.3) is 0 Å². The molecule has 0 unspecified atom stereocenters. The zero-order valence-corrected chi connectivity index (χ0v) is 13.8. The standard InChI is InChI=1S/C16H17N5O2S/c22-13(21-8-7-17-16(21)23)9-24-15-19-12-4-2-1-3-11(12)14(20-15)18-10-5-6-10/h1-4,10H,5-9H2,(H,17,23)(H,18,19,20). The van der Waals surface area contributed by atoms with Gasteiger partial charge in [-0.05, 0) is 25.0 Å². The first-order chi connectivity index (χ1) is 11.7. The van der Waals surface area contributed by atoms with Gasteiger partial charge in [0.2, 0.25) is 5.91 Å². The van der Waals surface area contributed by atoms with Gasteiger partial charge >= 0.3 is 6.03 Å². The van der Waals surface area contributed by atoms with Crippen molar-refractivity contribution < 1.29 is 9.59 Å². The van der Waals surface area contributed by atoms with Gasteiger partial charge in [0.15, 0.2) is 5.16 Å². The van der Waals surface area contributed by atoms with Crippen LogP contribution in [-0.4, -0.2) is 51.7 Å². The molecule has 1 aromatic carbocycles. The Bertz CT molecular complexity index is 808. The number of urea groups is 1. The molecule has 1 aliphatic carbocycles. The summed E-state index contributed by atoms with van der Waals surface area (Å²) in [6.07, 6.45) is 2.31. The number of nitrogens with one attached hydrogen (secondary N) is 2. The fourth-order valence-corrected chi connectivity index (χ4v) is 3.29. The Hall–Kier alpha value is -2.35. The molecule has 2 aliphatic rings. The third-order valence-corrected chi connectivity index (χ3v) is 4.82. The third kappa shape index (κ3) is 3.14. The maximum Gasteiger partial charge on any atom is 0.324 e. The number of benzene rings is 1. The number of amides is 3. The van der Waals surface area contributed by atoms with Crippen molar-refractivity contribution in [3.05, 3.63) is 24.3 Å². The fraction of sp³-hybridized carbons (Fsp3) is 0.375. The number of nitrogens with zero attached hydrogens (tertiary/aromatic N) is 3. The molecule has 2 N–H and O–H groups in total. The summed E-state index contributed by atoms with van der Waals surface area (Å²) in [7, 11) is 0. The predicted molar refractivity (Wildman–Crippen MR) is 92.0 cm³/mol. The van der Waals surface area contributed by atoms with E-state index in [2.05, 4.69) is 20.6 Å². The molecular formula is C16H17N5O2S. The monoisotopic (exact) mass is 343 g/mol. The van der Waals surface area contributed by atoms with Crippen LogP contribution in [0.4, 0.5) is 10.6 Å². The second-order valence-corrected chi connectivity index (χ2v) is 6.80. The van der Waals surface area contributed by atoms with Crippen LogP contribution in [-0.2, 0) is 4.79 Å². The van der Waals surface area contributed by atoms with Crippen molar-refractivity contribution in [1.82, 2.24) is 20.2 Å². The van der Waals surface area contributed by atoms with Gasteiger partial charge in [0, 0.05) is 24.5 Å². The molecule has 1 aliphatic heterocycles. The van der Waals surface area contributed by atoms with E-state index >= 15 is 0 Å². The van der Waals surface area contributed by atoms with Crippen LogP contribution >= 0.6 is 11.8 Å². The maximum absolute atomic E-state index is 12.1. The first-order valence-corrected chi connectivity index (χ1v) is 8.93. The minimum Gasteiger partial charge on any atom is -0.367 e. The minimum atomic E-state index is -0.323. The first-order valence-electron chi connectivity index (χ1n) is 7.95. The van der Waals surface area contributed by atoms with Crippen LogP contribution in [0.2, 0.25) is 0 Å². The molecule has 0 atom stereocenters. The van der Waals surface area contributed by atoms with Crippen molar-refractivity contribution in [2.24, 2.45) is 0 Å². The molecule has 8 heteroatoms. The van der Waals surface area contributed by atoms with Gasteiger partial charge in [-0.15, -0.1) is 0 Å². The topological polar surface area (TPSA) is 87.2 Å². The highest BCUT2D eigenvalue weighted by Crippen LogP contribution is 2.29. The lowest BCUT2D eigenvalue weighted by atomic mass is 10.2. The Balaban J connectivity index is 1.53. The number of hydrogen-bond donors (Lipinski definition) is 2. The smallest absolute Gasteiger partial charge is 0.324 e. The number of rotatable bonds is 5. The van der Waals surface area contributed by atoms with E-state index in [0.717, 1.165) is 29.6 Å². The summed E-state index contributed by atoms with van der Waals surface area (Å²) < 4.78 is 0. The van der Waals surface area contributed by atoms with Crippen molar-refractivity contribution >= 4 is 40.4 Å². The van der Waals surface area contributed by atoms with Crippen LogP contribution in [0.3, 0.4) is 0 Å². The molecule has 124 valence electrons. The molecular weight excluding hydrogens is 326 g/mol. The molecule has 4 rings (SSSR count). The van der Waals surface area contributed by atoms with Crippen molar-refractivity contribution in [2.75, 3.05) is 24.2 Å². The highest BCUT2D eigenvalue weighted by atomic mass is 32.2. The molecule has 3 amide bonds. The molecule has 0 spiro atoms. The predicted octanol–water partition coefficient (Wildman–Crippen LogP) is 1.85. The van der Waals surface area contributed by atoms with Crippen molar-refractivity contribution in [1.29, 1.82) is 0 Å². The lowest BCUT2D eigenvalue weighted by molar-refractivity contribution is -0.124. The molecule has 0 bridgehead atoms. The van der Waals surface area contributed by atoms with Gasteiger partial charge in [0.05, 0.1) is 11.3 Å². The van der Waals surface area contributed by atoms with E-state index < -0.39 is 0 Å². The van der Waals surface area contributed by atoms with Crippen LogP contribution in [0.15, 0.2) is 29.4 Å². The summed E-state index contributed by atoms with van der Waals surface area (Å²) in [5.41, 5.74) is 0.851. The van der Waals surface area contributed by atoms with Crippen molar-refractivity contribution in [3.8, 4) is 0 Å². The Morgan fingerprint density at radius 2 is 2.17 bits per heavy atom. The molecule has 2 fully saturated rings. The quantitative estimate of drug-likeness (QED) is 0.636. The molecule has 0 radical (unpaired) electrons. The molecule has 7 nitrogen and oxygen atoms in total. The zero-order chi connectivity index (χ0) is 16.5. The summed E-state index contributed by atoms with van der Waals surface area (Å²) in [6, 6.07) is 7.99. The van der Waals surface area contributed by atoms with E-state index in [1.54, 1.807) is 0 Å². The van der Waals surface area contributed by atoms with Crippen LogP contribution in [0.5, 0.6) is 0 Å². The maximum atomic E-state index is 12.1. The van der Waals surface area contributed by atoms with Gasteiger partial charge in [-0.1, -0.05) is 23.9 Å². The highest BCUT2D eigenvalue weighted by Gasteiger charge is 2.26. The number of thioether (sulfide) groups is 1. The number of carbonyl (C=O) groups is 2. The number of imide groups is 1. The largest absolute Gasteiger partial charge is 0.367 e. The number of hydrogen-bond acceptors (Lipinski definition) is 6. The Labute approximate surface area is 143 Å². The second-order valence-electron chi connectivity index (χ2n) is 5.86. The Kier molecular flexibility index (Phi) is 3.97. The minimum absolute atomic E-state index is 0.147. The van der Waals surface area contributed by atoms with Crippen LogP contribution in [0.1, 0.15) is 12.8 Å². The molecule has 1 saturated heterocycles. The number of carbonyl (C=O) groups excluding carboxylic acids is 2. The van der Waals surface area contributed by atoms with Crippen molar-refractivity contribution in [3.63, 3.8) is 0 Å². The lowest BCUT2D eigenvalue weighted by Crippen LogP contribution is -2.35. The summed E-state index contributed by atoms with van der Waals surface area (Å²) >= 11 is 1.26. The average molecular weight is 343 g/mol. The van der Waals surface area contributed by atoms with Gasteiger partial charge in [-0.2, -0.15) is 0 Å². The molecule has 2 aromatic rings. The lowest BCUT2D eigenvalue weighted by Gasteiger charge is -2.12. The van der Waals surface area contributed by atoms with Crippen LogP contribution in [0, 0.1) is 0 Å². The van der Waals surface area contributed by atoms with Crippen LogP contribution < -0.4 is 10.6 Å². The van der Waals surface area contributed by atoms with E-state index in [0.29, 0.717) is 24.3 Å². The molecule has 2 heterocycles. The number of anilines is 1. The SMILES string of the molecule is O=C(CSc1nc(NC2CC2)c2ccccc2n1)N1CCNC1=O. The Morgan fingerprint density at radius 1 is 1.33 bits per heavy atom. The van der Waals surface area contributed by atoms with Gasteiger partial charge < -0.3 is 10.6 Å². The van der Waals surface area contributed by atoms with E-state index in [1.165, 1.54) is 16.7 Å². The van der Waals surface area contributed by atoms with Gasteiger partial charge in [-0.25, -0.2) is 14.8 Å². The molecule has 1 saturated carbocycles. The number of fused-ring (bicyclic) bond motifs is 1. The summed E-state index contributed by atoms with van der Waals surface area (Å²) in [5, 5.41) is 7.58. The second kappa shape index (κ2) is 6.27. The van der Waals surface area contributed by atoms with E-state index in [-0.39, 0.29) is 17.7 Å². The van der Waals surface area contributed by atoms with E-state index in [1.807, 2.05) is 24.3 Å². The summed E-state index contributed by atoms with van der Waals surface area (Å²) in [5.74, 6) is 0.745. The molecule has 1 aromatic heterocycles. The summed E-state index contributed by atoms with van der Waals surface area (Å²) in [4.78, 5) is 34.0. The third-order valence-electron chi connectivity index (χ3n) is 3.98. The first kappa shape index (κ1) is 15.2. The number of para-hydroxylation sites is 1. The fourth-order valence-electron chi connectivity index (χ4n) is 2.56. The van der Waals surface area contributed by atoms with Crippen molar-refractivity contribution in [2.45, 2.75) is 24.0 Å². The average Bonchev–Trinajstić information content (AvgIpc) is 3.30. The zero-order valence-electron chi connectivity index (χ0n) is 13.0. The van der Waals surface area contributed by atoms with Gasteiger partial charge in [-0.3, -0.25) is 9.69 Å². The van der Waals surface area contributed by atoms with E-state index in [9.17, 15) is 9.59 Å². The van der Waals surface area contributed by atoms with Gasteiger partial charge in [0.1, 0.15) is 5.82 Å². The normalized spacial score (nSPS) is 17.2. The Morgan fingerprint density at radius 3 is 2.92 bits per heavy atom. The van der Waals surface area contributed by atoms with Crippen LogP contribution in [0.25, 0.3) is 10.9 Å². The number of aromatic nitrogens is 2. The molecule has 24 heavy (non-hydrogen) atoms. The summed E-state index contributed by atoms with van der Waals surface area (Å²) in [6.45, 7) is 0.933. The highest BCUT2D eigenvalue weighted by molar-refractivity contribution is 7.99.